The summed E-state index contributed by atoms with van der Waals surface area (Å²) in [5, 5.41) is 3.75. The molecule has 0 saturated carbocycles. The highest BCUT2D eigenvalue weighted by molar-refractivity contribution is 7.98. The third-order valence-electron chi connectivity index (χ3n) is 4.29. The number of hydrogen-bond donors (Lipinski definition) is 2. The Morgan fingerprint density at radius 1 is 1.07 bits per heavy atom. The number of carbonyl (C=O) groups is 1. The number of ether oxygens (including phenoxy) is 1. The number of nitrogens with one attached hydrogen (secondary N) is 2. The topological polar surface area (TPSA) is 67.0 Å². The Balaban J connectivity index is 1.38. The number of thioether (sulfide) groups is 1. The minimum atomic E-state index is -0.114. The van der Waals surface area contributed by atoms with Crippen LogP contribution < -0.4 is 10.1 Å². The van der Waals surface area contributed by atoms with E-state index in [2.05, 4.69) is 15.3 Å². The van der Waals surface area contributed by atoms with Crippen LogP contribution in [0.1, 0.15) is 15.9 Å². The van der Waals surface area contributed by atoms with Crippen LogP contribution in [0.25, 0.3) is 11.0 Å². The smallest absolute Gasteiger partial charge is 0.255 e. The van der Waals surface area contributed by atoms with Crippen molar-refractivity contribution in [2.45, 2.75) is 10.9 Å². The molecule has 0 fully saturated rings. The second-order valence-electron chi connectivity index (χ2n) is 6.23. The van der Waals surface area contributed by atoms with E-state index in [1.165, 1.54) is 0 Å². The van der Waals surface area contributed by atoms with Gasteiger partial charge in [-0.25, -0.2) is 4.98 Å². The number of H-pyrrole nitrogens is 1. The molecular weight excluding hydrogens is 370 g/mol. The summed E-state index contributed by atoms with van der Waals surface area (Å²) in [6.45, 7) is 0. The molecule has 0 atom stereocenters. The van der Waals surface area contributed by atoms with E-state index in [9.17, 15) is 4.79 Å². The van der Waals surface area contributed by atoms with Gasteiger partial charge in [-0.3, -0.25) is 4.79 Å². The quantitative estimate of drug-likeness (QED) is 0.449. The van der Waals surface area contributed by atoms with Crippen LogP contribution in [0.5, 0.6) is 5.75 Å². The van der Waals surface area contributed by atoms with E-state index in [0.717, 1.165) is 38.9 Å². The number of methoxy groups -OCH3 is 1. The largest absolute Gasteiger partial charge is 0.497 e. The lowest BCUT2D eigenvalue weighted by Crippen LogP contribution is -2.11. The highest BCUT2D eigenvalue weighted by Crippen LogP contribution is 2.25. The molecule has 0 unspecified atom stereocenters. The molecule has 6 heteroatoms. The zero-order chi connectivity index (χ0) is 19.3. The summed E-state index contributed by atoms with van der Waals surface area (Å²) in [4.78, 5) is 20.2. The Bertz CT molecular complexity index is 1090. The molecule has 5 nitrogen and oxygen atoms in total. The number of fused-ring (bicyclic) bond motifs is 1. The van der Waals surface area contributed by atoms with Crippen molar-refractivity contribution in [2.24, 2.45) is 0 Å². The third-order valence-corrected chi connectivity index (χ3v) is 5.24. The van der Waals surface area contributed by atoms with Crippen LogP contribution in [-0.4, -0.2) is 23.0 Å². The maximum atomic E-state index is 12.3. The van der Waals surface area contributed by atoms with Gasteiger partial charge in [0, 0.05) is 23.1 Å². The Kier molecular flexibility index (Phi) is 5.30. The number of aromatic nitrogens is 2. The van der Waals surface area contributed by atoms with Gasteiger partial charge in [-0.1, -0.05) is 42.1 Å². The van der Waals surface area contributed by atoms with Crippen LogP contribution in [0.3, 0.4) is 0 Å². The van der Waals surface area contributed by atoms with Crippen molar-refractivity contribution in [1.29, 1.82) is 0 Å². The maximum absolute atomic E-state index is 12.3. The van der Waals surface area contributed by atoms with E-state index in [-0.39, 0.29) is 5.91 Å². The van der Waals surface area contributed by atoms with Crippen molar-refractivity contribution in [3.63, 3.8) is 0 Å². The molecule has 0 radical (unpaired) electrons. The van der Waals surface area contributed by atoms with Gasteiger partial charge in [0.2, 0.25) is 0 Å². The lowest BCUT2D eigenvalue weighted by molar-refractivity contribution is 0.102. The molecule has 0 aliphatic heterocycles. The van der Waals surface area contributed by atoms with Crippen molar-refractivity contribution < 1.29 is 9.53 Å². The summed E-state index contributed by atoms with van der Waals surface area (Å²) < 4.78 is 5.24. The zero-order valence-corrected chi connectivity index (χ0v) is 16.1. The number of hydrogen-bond acceptors (Lipinski definition) is 4. The molecule has 0 aliphatic rings. The molecule has 0 spiro atoms. The summed E-state index contributed by atoms with van der Waals surface area (Å²) in [5.41, 5.74) is 4.41. The summed E-state index contributed by atoms with van der Waals surface area (Å²) in [6, 6.07) is 22.8. The molecule has 4 rings (SSSR count). The standard InChI is InChI=1S/C22H19N3O2S/c1-27-18-11-12-19-20(13-18)25-22(24-19)28-14-15-7-9-16(10-8-15)21(26)23-17-5-3-2-4-6-17/h2-13H,14H2,1H3,(H,23,26)(H,24,25). The minimum Gasteiger partial charge on any atom is -0.497 e. The molecule has 3 aromatic carbocycles. The van der Waals surface area contributed by atoms with Gasteiger partial charge in [0.1, 0.15) is 5.75 Å². The van der Waals surface area contributed by atoms with Gasteiger partial charge in [0.25, 0.3) is 5.91 Å². The van der Waals surface area contributed by atoms with E-state index in [1.54, 1.807) is 18.9 Å². The molecule has 0 aliphatic carbocycles. The van der Waals surface area contributed by atoms with Crippen molar-refractivity contribution >= 4 is 34.4 Å². The maximum Gasteiger partial charge on any atom is 0.255 e. The summed E-state index contributed by atoms with van der Waals surface area (Å²) in [6.07, 6.45) is 0. The fourth-order valence-corrected chi connectivity index (χ4v) is 3.63. The molecule has 140 valence electrons. The van der Waals surface area contributed by atoms with E-state index >= 15 is 0 Å². The number of anilines is 1. The number of aromatic amines is 1. The lowest BCUT2D eigenvalue weighted by Gasteiger charge is -2.06. The molecule has 28 heavy (non-hydrogen) atoms. The van der Waals surface area contributed by atoms with Crippen molar-refractivity contribution in [3.05, 3.63) is 83.9 Å². The van der Waals surface area contributed by atoms with Crippen LogP contribution in [0.2, 0.25) is 0 Å². The monoisotopic (exact) mass is 389 g/mol. The first-order valence-corrected chi connectivity index (χ1v) is 9.82. The third kappa shape index (κ3) is 4.18. The van der Waals surface area contributed by atoms with Gasteiger partial charge in [-0.05, 0) is 42.0 Å². The second-order valence-corrected chi connectivity index (χ2v) is 7.19. The number of rotatable bonds is 6. The average molecular weight is 389 g/mol. The van der Waals surface area contributed by atoms with Gasteiger partial charge in [-0.2, -0.15) is 0 Å². The van der Waals surface area contributed by atoms with Gasteiger partial charge in [0.05, 0.1) is 18.1 Å². The lowest BCUT2D eigenvalue weighted by atomic mass is 10.1. The molecule has 1 heterocycles. The average Bonchev–Trinajstić information content (AvgIpc) is 3.15. The Hall–Kier alpha value is -3.25. The first-order valence-electron chi connectivity index (χ1n) is 8.83. The summed E-state index contributed by atoms with van der Waals surface area (Å²) >= 11 is 1.62. The molecule has 0 saturated heterocycles. The molecule has 0 bridgehead atoms. The molecular formula is C22H19N3O2S. The molecule has 2 N–H and O–H groups in total. The number of carbonyl (C=O) groups excluding carboxylic acids is 1. The van der Waals surface area contributed by atoms with E-state index in [4.69, 9.17) is 4.74 Å². The summed E-state index contributed by atoms with van der Waals surface area (Å²) in [5.74, 6) is 1.45. The zero-order valence-electron chi connectivity index (χ0n) is 15.3. The predicted octanol–water partition coefficient (Wildman–Crippen LogP) is 5.12. The number of amides is 1. The number of imidazole rings is 1. The number of benzene rings is 3. The van der Waals surface area contributed by atoms with Gasteiger partial charge < -0.3 is 15.0 Å². The first kappa shape index (κ1) is 18.1. The van der Waals surface area contributed by atoms with Crippen LogP contribution in [0.4, 0.5) is 5.69 Å². The summed E-state index contributed by atoms with van der Waals surface area (Å²) in [7, 11) is 1.65. The normalized spacial score (nSPS) is 10.8. The second kappa shape index (κ2) is 8.19. The highest BCUT2D eigenvalue weighted by Gasteiger charge is 2.08. The number of para-hydroxylation sites is 1. The molecule has 1 aromatic heterocycles. The van der Waals surface area contributed by atoms with Gasteiger partial charge in [0.15, 0.2) is 5.16 Å². The minimum absolute atomic E-state index is 0.114. The van der Waals surface area contributed by atoms with Crippen molar-refractivity contribution in [1.82, 2.24) is 9.97 Å². The van der Waals surface area contributed by atoms with Crippen LogP contribution >= 0.6 is 11.8 Å². The Morgan fingerprint density at radius 3 is 2.61 bits per heavy atom. The fraction of sp³-hybridized carbons (Fsp3) is 0.0909. The Labute approximate surface area is 167 Å². The van der Waals surface area contributed by atoms with Crippen LogP contribution in [0, 0.1) is 0 Å². The van der Waals surface area contributed by atoms with Crippen LogP contribution in [-0.2, 0) is 5.75 Å². The van der Waals surface area contributed by atoms with Crippen LogP contribution in [0.15, 0.2) is 78.0 Å². The molecule has 4 aromatic rings. The van der Waals surface area contributed by atoms with Gasteiger partial charge >= 0.3 is 0 Å². The molecule has 1 amide bonds. The highest BCUT2D eigenvalue weighted by atomic mass is 32.2. The first-order chi connectivity index (χ1) is 13.7. The number of nitrogens with zero attached hydrogens (tertiary/aromatic N) is 1. The van der Waals surface area contributed by atoms with Crippen molar-refractivity contribution in [3.8, 4) is 5.75 Å². The van der Waals surface area contributed by atoms with E-state index in [1.807, 2.05) is 72.8 Å². The SMILES string of the molecule is COc1ccc2nc(SCc3ccc(C(=O)Nc4ccccc4)cc3)[nH]c2c1. The predicted molar refractivity (Wildman–Crippen MR) is 113 cm³/mol. The fourth-order valence-electron chi connectivity index (χ4n) is 2.79. The van der Waals surface area contributed by atoms with E-state index in [0.29, 0.717) is 5.56 Å². The van der Waals surface area contributed by atoms with Crippen molar-refractivity contribution in [2.75, 3.05) is 12.4 Å². The van der Waals surface area contributed by atoms with Gasteiger partial charge in [-0.15, -0.1) is 0 Å². The Morgan fingerprint density at radius 2 is 1.86 bits per heavy atom. The van der Waals surface area contributed by atoms with E-state index < -0.39 is 0 Å².